The van der Waals surface area contributed by atoms with Gasteiger partial charge in [0.1, 0.15) is 5.54 Å². The first-order chi connectivity index (χ1) is 9.58. The van der Waals surface area contributed by atoms with E-state index in [4.69, 9.17) is 0 Å². The molecular formula is C14H15F2N3O. The molecule has 1 saturated carbocycles. The van der Waals surface area contributed by atoms with Crippen molar-refractivity contribution in [3.63, 3.8) is 0 Å². The van der Waals surface area contributed by atoms with Crippen molar-refractivity contribution in [2.45, 2.75) is 44.1 Å². The Kier molecular flexibility index (Phi) is 4.28. The Labute approximate surface area is 115 Å². The van der Waals surface area contributed by atoms with Crippen LogP contribution in [0.5, 0.6) is 0 Å². The Morgan fingerprint density at radius 1 is 1.30 bits per heavy atom. The van der Waals surface area contributed by atoms with E-state index in [2.05, 4.69) is 16.4 Å². The first-order valence-corrected chi connectivity index (χ1v) is 6.62. The van der Waals surface area contributed by atoms with Crippen molar-refractivity contribution in [3.05, 3.63) is 29.6 Å². The van der Waals surface area contributed by atoms with Crippen molar-refractivity contribution in [2.75, 3.05) is 0 Å². The van der Waals surface area contributed by atoms with Crippen LogP contribution in [0.2, 0.25) is 0 Å². The van der Waals surface area contributed by atoms with Gasteiger partial charge in [0.2, 0.25) is 5.95 Å². The van der Waals surface area contributed by atoms with Crippen molar-refractivity contribution in [1.29, 1.82) is 5.26 Å². The number of carbonyl (C=O) groups is 1. The molecule has 106 valence electrons. The smallest absolute Gasteiger partial charge is 0.255 e. The Bertz CT molecular complexity index is 546. The summed E-state index contributed by atoms with van der Waals surface area (Å²) in [6.45, 7) is 0. The summed E-state index contributed by atoms with van der Waals surface area (Å²) in [6, 6.07) is 3.24. The summed E-state index contributed by atoms with van der Waals surface area (Å²) in [5.74, 6) is -3.37. The van der Waals surface area contributed by atoms with Gasteiger partial charge in [0, 0.05) is 6.20 Å². The van der Waals surface area contributed by atoms with Gasteiger partial charge < -0.3 is 5.32 Å². The fourth-order valence-electron chi connectivity index (χ4n) is 2.48. The molecule has 6 heteroatoms. The lowest BCUT2D eigenvalue weighted by Crippen LogP contribution is -2.47. The van der Waals surface area contributed by atoms with Gasteiger partial charge in [0.25, 0.3) is 5.91 Å². The number of amides is 1. The van der Waals surface area contributed by atoms with Crippen LogP contribution < -0.4 is 5.32 Å². The number of hydrogen-bond acceptors (Lipinski definition) is 3. The molecule has 20 heavy (non-hydrogen) atoms. The van der Waals surface area contributed by atoms with Crippen molar-refractivity contribution in [2.24, 2.45) is 0 Å². The standard InChI is InChI=1S/C14H15F2N3O/c15-11-10(5-8-18-12(11)16)13(20)19-14(9-17)6-3-1-2-4-7-14/h5,8H,1-4,6-7H2,(H,19,20). The lowest BCUT2D eigenvalue weighted by Gasteiger charge is -2.26. The normalized spacial score (nSPS) is 17.9. The average molecular weight is 279 g/mol. The Morgan fingerprint density at radius 2 is 1.95 bits per heavy atom. The summed E-state index contributed by atoms with van der Waals surface area (Å²) >= 11 is 0. The molecule has 0 bridgehead atoms. The van der Waals surface area contributed by atoms with E-state index in [1.807, 2.05) is 0 Å². The first kappa shape index (κ1) is 14.4. The second kappa shape index (κ2) is 5.95. The molecular weight excluding hydrogens is 264 g/mol. The lowest BCUT2D eigenvalue weighted by molar-refractivity contribution is 0.0907. The molecule has 0 aromatic carbocycles. The first-order valence-electron chi connectivity index (χ1n) is 6.62. The SMILES string of the molecule is N#CC1(NC(=O)c2ccnc(F)c2F)CCCCCC1. The van der Waals surface area contributed by atoms with Crippen molar-refractivity contribution < 1.29 is 13.6 Å². The molecule has 1 aromatic rings. The summed E-state index contributed by atoms with van der Waals surface area (Å²) in [7, 11) is 0. The van der Waals surface area contributed by atoms with Gasteiger partial charge in [-0.3, -0.25) is 4.79 Å². The maximum Gasteiger partial charge on any atom is 0.255 e. The molecule has 4 nitrogen and oxygen atoms in total. The fraction of sp³-hybridized carbons (Fsp3) is 0.500. The number of nitrogens with one attached hydrogen (secondary N) is 1. The van der Waals surface area contributed by atoms with E-state index in [1.54, 1.807) is 0 Å². The van der Waals surface area contributed by atoms with Gasteiger partial charge >= 0.3 is 0 Å². The topological polar surface area (TPSA) is 65.8 Å². The number of nitriles is 1. The molecule has 0 aliphatic heterocycles. The van der Waals surface area contributed by atoms with Gasteiger partial charge in [0.05, 0.1) is 11.6 Å². The second-order valence-electron chi connectivity index (χ2n) is 5.03. The molecule has 1 N–H and O–H groups in total. The van der Waals surface area contributed by atoms with Crippen molar-refractivity contribution in [1.82, 2.24) is 10.3 Å². The molecule has 1 amide bonds. The zero-order chi connectivity index (χ0) is 14.6. The minimum atomic E-state index is -1.32. The predicted molar refractivity (Wildman–Crippen MR) is 67.7 cm³/mol. The Morgan fingerprint density at radius 3 is 2.55 bits per heavy atom. The lowest BCUT2D eigenvalue weighted by atomic mass is 9.91. The number of pyridine rings is 1. The highest BCUT2D eigenvalue weighted by molar-refractivity contribution is 5.95. The fourth-order valence-corrected chi connectivity index (χ4v) is 2.48. The van der Waals surface area contributed by atoms with Crippen LogP contribution >= 0.6 is 0 Å². The molecule has 1 heterocycles. The van der Waals surface area contributed by atoms with Crippen LogP contribution in [0, 0.1) is 23.1 Å². The van der Waals surface area contributed by atoms with Crippen LogP contribution in [0.15, 0.2) is 12.3 Å². The van der Waals surface area contributed by atoms with E-state index in [9.17, 15) is 18.8 Å². The van der Waals surface area contributed by atoms with Gasteiger partial charge in [-0.15, -0.1) is 0 Å². The average Bonchev–Trinajstić information content (AvgIpc) is 2.68. The second-order valence-corrected chi connectivity index (χ2v) is 5.03. The van der Waals surface area contributed by atoms with Crippen LogP contribution in [-0.4, -0.2) is 16.4 Å². The minimum absolute atomic E-state index is 0.420. The monoisotopic (exact) mass is 279 g/mol. The molecule has 0 unspecified atom stereocenters. The zero-order valence-corrected chi connectivity index (χ0v) is 11.0. The van der Waals surface area contributed by atoms with E-state index in [0.29, 0.717) is 12.8 Å². The molecule has 0 spiro atoms. The highest BCUT2D eigenvalue weighted by Crippen LogP contribution is 2.27. The van der Waals surface area contributed by atoms with Gasteiger partial charge in [-0.25, -0.2) is 9.37 Å². The maximum absolute atomic E-state index is 13.5. The van der Waals surface area contributed by atoms with Crippen molar-refractivity contribution in [3.8, 4) is 6.07 Å². The van der Waals surface area contributed by atoms with E-state index in [1.165, 1.54) is 0 Å². The van der Waals surface area contributed by atoms with E-state index >= 15 is 0 Å². The number of rotatable bonds is 2. The van der Waals surface area contributed by atoms with Crippen LogP contribution in [0.3, 0.4) is 0 Å². The molecule has 0 radical (unpaired) electrons. The van der Waals surface area contributed by atoms with Crippen LogP contribution in [0.25, 0.3) is 0 Å². The summed E-state index contributed by atoms with van der Waals surface area (Å²) < 4.78 is 26.6. The predicted octanol–water partition coefficient (Wildman–Crippen LogP) is 2.71. The third-order valence-electron chi connectivity index (χ3n) is 3.62. The third-order valence-corrected chi connectivity index (χ3v) is 3.62. The summed E-state index contributed by atoms with van der Waals surface area (Å²) in [6.07, 6.45) is 5.78. The van der Waals surface area contributed by atoms with Gasteiger partial charge in [-0.1, -0.05) is 25.7 Å². The molecule has 1 aliphatic rings. The Balaban J connectivity index is 2.21. The van der Waals surface area contributed by atoms with E-state index < -0.39 is 28.8 Å². The number of aromatic nitrogens is 1. The number of nitrogens with zero attached hydrogens (tertiary/aromatic N) is 2. The molecule has 0 saturated heterocycles. The zero-order valence-electron chi connectivity index (χ0n) is 11.0. The largest absolute Gasteiger partial charge is 0.334 e. The van der Waals surface area contributed by atoms with Crippen molar-refractivity contribution >= 4 is 5.91 Å². The van der Waals surface area contributed by atoms with Crippen LogP contribution in [0.1, 0.15) is 48.9 Å². The summed E-state index contributed by atoms with van der Waals surface area (Å²) in [5.41, 5.74) is -1.41. The van der Waals surface area contributed by atoms with Gasteiger partial charge in [0.15, 0.2) is 5.82 Å². The number of hydrogen-bond donors (Lipinski definition) is 1. The Hall–Kier alpha value is -2.03. The molecule has 0 atom stereocenters. The highest BCUT2D eigenvalue weighted by Gasteiger charge is 2.33. The number of carbonyl (C=O) groups excluding carboxylic acids is 1. The summed E-state index contributed by atoms with van der Waals surface area (Å²) in [4.78, 5) is 15.2. The van der Waals surface area contributed by atoms with Crippen LogP contribution in [0.4, 0.5) is 8.78 Å². The third kappa shape index (κ3) is 2.93. The minimum Gasteiger partial charge on any atom is -0.334 e. The summed E-state index contributed by atoms with van der Waals surface area (Å²) in [5, 5.41) is 11.9. The molecule has 1 fully saturated rings. The maximum atomic E-state index is 13.5. The van der Waals surface area contributed by atoms with E-state index in [0.717, 1.165) is 37.9 Å². The van der Waals surface area contributed by atoms with E-state index in [-0.39, 0.29) is 0 Å². The molecule has 1 aromatic heterocycles. The molecule has 1 aliphatic carbocycles. The van der Waals surface area contributed by atoms with Crippen LogP contribution in [-0.2, 0) is 0 Å². The van der Waals surface area contributed by atoms with Gasteiger partial charge in [-0.05, 0) is 18.9 Å². The highest BCUT2D eigenvalue weighted by atomic mass is 19.2. The molecule has 2 rings (SSSR count). The quantitative estimate of drug-likeness (QED) is 0.668. The number of halogens is 2. The van der Waals surface area contributed by atoms with Gasteiger partial charge in [-0.2, -0.15) is 9.65 Å².